The summed E-state index contributed by atoms with van der Waals surface area (Å²) in [6, 6.07) is 4.16. The number of nitrogens with one attached hydrogen (secondary N) is 1. The fourth-order valence-electron chi connectivity index (χ4n) is 3.05. The summed E-state index contributed by atoms with van der Waals surface area (Å²) < 4.78 is 31.7. The third-order valence-corrected chi connectivity index (χ3v) is 4.71. The van der Waals surface area contributed by atoms with Gasteiger partial charge in [0.05, 0.1) is 11.0 Å². The van der Waals surface area contributed by atoms with Crippen LogP contribution in [0.5, 0.6) is 0 Å². The van der Waals surface area contributed by atoms with Gasteiger partial charge < -0.3 is 32.5 Å². The maximum Gasteiger partial charge on any atom is 0.490 e. The van der Waals surface area contributed by atoms with Gasteiger partial charge in [-0.2, -0.15) is 13.2 Å². The Labute approximate surface area is 197 Å². The summed E-state index contributed by atoms with van der Waals surface area (Å²) in [5, 5.41) is 20.5. The van der Waals surface area contributed by atoms with Crippen LogP contribution < -0.4 is 22.5 Å². The number of benzene rings is 1. The number of guanidine groups is 1. The molecule has 1 aromatic carbocycles. The van der Waals surface area contributed by atoms with Crippen molar-refractivity contribution < 1.29 is 37.6 Å². The van der Waals surface area contributed by atoms with Gasteiger partial charge in [-0.15, -0.1) is 0 Å². The molecule has 0 saturated carbocycles. The van der Waals surface area contributed by atoms with Crippen LogP contribution in [-0.2, 0) is 14.4 Å². The molecule has 1 heterocycles. The second-order valence-corrected chi connectivity index (χ2v) is 7.34. The van der Waals surface area contributed by atoms with Crippen molar-refractivity contribution >= 4 is 35.1 Å². The smallest absolute Gasteiger partial charge is 0.475 e. The number of hydrogen-bond acceptors (Lipinski definition) is 7. The average molecular weight is 505 g/mol. The van der Waals surface area contributed by atoms with Crippen LogP contribution in [0.1, 0.15) is 25.7 Å². The number of carbonyl (C=O) groups excluding carboxylic acids is 2. The van der Waals surface area contributed by atoms with Gasteiger partial charge in [-0.05, 0) is 37.8 Å². The highest BCUT2D eigenvalue weighted by Gasteiger charge is 2.38. The van der Waals surface area contributed by atoms with Gasteiger partial charge in [-0.25, -0.2) is 4.79 Å². The van der Waals surface area contributed by atoms with Crippen LogP contribution in [0.25, 0.3) is 0 Å². The van der Waals surface area contributed by atoms with Crippen LogP contribution in [0.15, 0.2) is 29.3 Å². The summed E-state index contributed by atoms with van der Waals surface area (Å²) in [6.45, 7) is 0.839. The highest BCUT2D eigenvalue weighted by Crippen LogP contribution is 2.22. The number of anilines is 1. The van der Waals surface area contributed by atoms with Gasteiger partial charge in [0.1, 0.15) is 6.04 Å². The number of rotatable bonds is 8. The molecular formula is C19H26F3N7O6. The topological polar surface area (TPSA) is 220 Å². The molecule has 0 spiro atoms. The number of nitrogens with two attached hydrogens (primary N) is 3. The Morgan fingerprint density at radius 3 is 2.31 bits per heavy atom. The number of hydrogen-bond donors (Lipinski definition) is 5. The fraction of sp³-hybridized carbons (Fsp3) is 0.474. The van der Waals surface area contributed by atoms with E-state index in [9.17, 15) is 32.9 Å². The molecule has 0 unspecified atom stereocenters. The van der Waals surface area contributed by atoms with E-state index in [1.807, 2.05) is 0 Å². The number of aliphatic imine (C=N–C) groups is 1. The predicted molar refractivity (Wildman–Crippen MR) is 118 cm³/mol. The van der Waals surface area contributed by atoms with E-state index >= 15 is 0 Å². The molecule has 0 radical (unpaired) electrons. The second-order valence-electron chi connectivity index (χ2n) is 7.34. The summed E-state index contributed by atoms with van der Waals surface area (Å²) in [6.07, 6.45) is -2.89. The van der Waals surface area contributed by atoms with E-state index in [1.165, 1.54) is 29.2 Å². The van der Waals surface area contributed by atoms with Gasteiger partial charge in [-0.1, -0.05) is 0 Å². The van der Waals surface area contributed by atoms with Crippen molar-refractivity contribution in [1.82, 2.24) is 4.90 Å². The molecular weight excluding hydrogens is 479 g/mol. The molecule has 2 atom stereocenters. The Morgan fingerprint density at radius 2 is 1.83 bits per heavy atom. The first kappa shape index (κ1) is 29.1. The van der Waals surface area contributed by atoms with Crippen molar-refractivity contribution in [3.63, 3.8) is 0 Å². The van der Waals surface area contributed by atoms with Crippen molar-refractivity contribution in [2.24, 2.45) is 22.2 Å². The molecule has 194 valence electrons. The van der Waals surface area contributed by atoms with E-state index in [1.54, 1.807) is 0 Å². The molecule has 8 N–H and O–H groups in total. The minimum Gasteiger partial charge on any atom is -0.475 e. The second kappa shape index (κ2) is 13.1. The zero-order valence-corrected chi connectivity index (χ0v) is 18.4. The van der Waals surface area contributed by atoms with E-state index in [2.05, 4.69) is 10.3 Å². The third kappa shape index (κ3) is 9.83. The van der Waals surface area contributed by atoms with E-state index in [0.717, 1.165) is 0 Å². The summed E-state index contributed by atoms with van der Waals surface area (Å²) in [5.41, 5.74) is 16.8. The molecule has 0 aliphatic carbocycles. The zero-order valence-electron chi connectivity index (χ0n) is 18.4. The minimum absolute atomic E-state index is 0.0116. The molecule has 1 aliphatic rings. The van der Waals surface area contributed by atoms with Crippen LogP contribution in [0.4, 0.5) is 24.5 Å². The van der Waals surface area contributed by atoms with Crippen LogP contribution in [0.3, 0.4) is 0 Å². The summed E-state index contributed by atoms with van der Waals surface area (Å²) >= 11 is 0. The fourth-order valence-corrected chi connectivity index (χ4v) is 3.05. The lowest BCUT2D eigenvalue weighted by molar-refractivity contribution is -0.384. The monoisotopic (exact) mass is 505 g/mol. The average Bonchev–Trinajstić information content (AvgIpc) is 3.26. The lowest BCUT2D eigenvalue weighted by Crippen LogP contribution is -2.49. The number of carboxylic acid groups (broad SMARTS) is 1. The molecule has 1 aliphatic heterocycles. The van der Waals surface area contributed by atoms with Crippen molar-refractivity contribution in [3.8, 4) is 0 Å². The van der Waals surface area contributed by atoms with E-state index < -0.39 is 29.2 Å². The molecule has 2 rings (SSSR count). The zero-order chi connectivity index (χ0) is 26.8. The Bertz CT molecular complexity index is 936. The first-order chi connectivity index (χ1) is 16.2. The van der Waals surface area contributed by atoms with Gasteiger partial charge in [0, 0.05) is 30.9 Å². The number of non-ortho nitro benzene ring substituents is 1. The highest BCUT2D eigenvalue weighted by atomic mass is 19.4. The number of carbonyl (C=O) groups is 3. The van der Waals surface area contributed by atoms with Gasteiger partial charge in [0.15, 0.2) is 5.96 Å². The van der Waals surface area contributed by atoms with Crippen LogP contribution in [0.2, 0.25) is 0 Å². The molecule has 16 heteroatoms. The molecule has 13 nitrogen and oxygen atoms in total. The van der Waals surface area contributed by atoms with Gasteiger partial charge >= 0.3 is 12.1 Å². The van der Waals surface area contributed by atoms with E-state index in [4.69, 9.17) is 27.1 Å². The maximum absolute atomic E-state index is 12.6. The molecule has 1 saturated heterocycles. The number of amides is 2. The normalized spacial score (nSPS) is 15.9. The molecule has 0 aromatic heterocycles. The van der Waals surface area contributed by atoms with E-state index in [0.29, 0.717) is 44.5 Å². The Morgan fingerprint density at radius 1 is 1.26 bits per heavy atom. The highest BCUT2D eigenvalue weighted by molar-refractivity contribution is 5.98. The van der Waals surface area contributed by atoms with Crippen molar-refractivity contribution in [2.45, 2.75) is 43.9 Å². The molecule has 0 bridgehead atoms. The number of nitro benzene ring substituents is 1. The number of carboxylic acids is 1. The van der Waals surface area contributed by atoms with Crippen LogP contribution in [0, 0.1) is 10.1 Å². The van der Waals surface area contributed by atoms with Gasteiger partial charge in [-0.3, -0.25) is 24.7 Å². The maximum atomic E-state index is 12.6. The standard InChI is InChI=1S/C17H25N7O4.C2HF3O2/c18-13(3-1-9-21-17(19)20)16(26)23-10-2-4-14(23)15(25)22-11-5-7-12(8-6-11)24(27)28;3-2(4,5)1(6)7/h5-8,13-14H,1-4,9-10,18H2,(H,22,25)(H4,19,20,21);(H,6,7)/t13-,14-;/m0./s1. The SMILES string of the molecule is NC(N)=NCCC[C@H](N)C(=O)N1CCC[C@H]1C(=O)Nc1ccc([N+](=O)[O-])cc1.O=C(O)C(F)(F)F. The largest absolute Gasteiger partial charge is 0.490 e. The number of likely N-dealkylation sites (tertiary alicyclic amines) is 1. The van der Waals surface area contributed by atoms with Crippen molar-refractivity contribution in [3.05, 3.63) is 34.4 Å². The number of nitrogens with zero attached hydrogens (tertiary/aromatic N) is 3. The summed E-state index contributed by atoms with van der Waals surface area (Å²) in [7, 11) is 0. The molecule has 2 amide bonds. The van der Waals surface area contributed by atoms with Crippen LogP contribution in [-0.4, -0.2) is 70.0 Å². The van der Waals surface area contributed by atoms with Crippen LogP contribution >= 0.6 is 0 Å². The Hall–Kier alpha value is -3.95. The van der Waals surface area contributed by atoms with Crippen molar-refractivity contribution in [1.29, 1.82) is 0 Å². The molecule has 1 aromatic rings. The summed E-state index contributed by atoms with van der Waals surface area (Å²) in [4.78, 5) is 49.6. The third-order valence-electron chi connectivity index (χ3n) is 4.71. The number of alkyl halides is 3. The molecule has 35 heavy (non-hydrogen) atoms. The summed E-state index contributed by atoms with van der Waals surface area (Å²) in [5.74, 6) is -3.40. The first-order valence-electron chi connectivity index (χ1n) is 10.2. The van der Waals surface area contributed by atoms with Gasteiger partial charge in [0.2, 0.25) is 11.8 Å². The van der Waals surface area contributed by atoms with Crippen molar-refractivity contribution in [2.75, 3.05) is 18.4 Å². The number of aliphatic carboxylic acids is 1. The lowest BCUT2D eigenvalue weighted by atomic mass is 10.1. The Balaban J connectivity index is 0.000000762. The predicted octanol–water partition coefficient (Wildman–Crippen LogP) is 0.539. The quantitative estimate of drug-likeness (QED) is 0.109. The van der Waals surface area contributed by atoms with Gasteiger partial charge in [0.25, 0.3) is 5.69 Å². The number of halogens is 3. The Kier molecular flexibility index (Phi) is 10.9. The molecule has 1 fully saturated rings. The minimum atomic E-state index is -5.08. The number of nitro groups is 1. The first-order valence-corrected chi connectivity index (χ1v) is 10.2. The van der Waals surface area contributed by atoms with E-state index in [-0.39, 0.29) is 23.5 Å². The lowest BCUT2D eigenvalue weighted by Gasteiger charge is -2.26.